The highest BCUT2D eigenvalue weighted by atomic mass is 16.2. The van der Waals surface area contributed by atoms with Gasteiger partial charge in [0.25, 0.3) is 5.91 Å². The van der Waals surface area contributed by atoms with Gasteiger partial charge in [0.15, 0.2) is 0 Å². The van der Waals surface area contributed by atoms with Gasteiger partial charge >= 0.3 is 6.03 Å². The third-order valence-corrected chi connectivity index (χ3v) is 3.44. The van der Waals surface area contributed by atoms with E-state index in [4.69, 9.17) is 5.73 Å². The van der Waals surface area contributed by atoms with Crippen molar-refractivity contribution in [3.63, 3.8) is 0 Å². The molecular formula is C18H15N3O2. The highest BCUT2D eigenvalue weighted by Crippen LogP contribution is 2.22. The lowest BCUT2D eigenvalue weighted by atomic mass is 10.1. The second kappa shape index (κ2) is 6.19. The first-order valence-corrected chi connectivity index (χ1v) is 7.09. The first kappa shape index (κ1) is 14.6. The van der Waals surface area contributed by atoms with Crippen LogP contribution in [0.1, 0.15) is 10.4 Å². The van der Waals surface area contributed by atoms with Gasteiger partial charge in [-0.05, 0) is 35.7 Å². The number of nitrogens with two attached hydrogens (primary N) is 1. The lowest BCUT2D eigenvalue weighted by molar-refractivity contribution is 0.0967. The number of imide groups is 1. The van der Waals surface area contributed by atoms with Crippen LogP contribution in [0.15, 0.2) is 66.7 Å². The molecule has 4 N–H and O–H groups in total. The van der Waals surface area contributed by atoms with E-state index in [1.807, 2.05) is 36.4 Å². The van der Waals surface area contributed by atoms with E-state index in [1.54, 1.807) is 30.3 Å². The second-order valence-corrected chi connectivity index (χ2v) is 5.06. The number of hydrogen-bond acceptors (Lipinski definition) is 3. The summed E-state index contributed by atoms with van der Waals surface area (Å²) in [5, 5.41) is 6.92. The van der Waals surface area contributed by atoms with E-state index in [2.05, 4.69) is 10.6 Å². The average molecular weight is 305 g/mol. The Morgan fingerprint density at radius 2 is 1.52 bits per heavy atom. The summed E-state index contributed by atoms with van der Waals surface area (Å²) in [4.78, 5) is 24.0. The zero-order chi connectivity index (χ0) is 16.2. The number of urea groups is 1. The maximum absolute atomic E-state index is 12.0. The molecule has 0 aromatic heterocycles. The smallest absolute Gasteiger partial charge is 0.326 e. The van der Waals surface area contributed by atoms with Crippen LogP contribution < -0.4 is 16.4 Å². The van der Waals surface area contributed by atoms with Gasteiger partial charge < -0.3 is 11.1 Å². The first-order chi connectivity index (χ1) is 11.1. The zero-order valence-electron chi connectivity index (χ0n) is 12.2. The fourth-order valence-electron chi connectivity index (χ4n) is 2.30. The van der Waals surface area contributed by atoms with E-state index in [0.717, 1.165) is 10.8 Å². The number of rotatable bonds is 2. The number of carbonyl (C=O) groups is 2. The second-order valence-electron chi connectivity index (χ2n) is 5.06. The SMILES string of the molecule is Nc1ccc(C(=O)NC(=O)Nc2cccc3ccccc23)cc1. The van der Waals surface area contributed by atoms with Gasteiger partial charge in [0.1, 0.15) is 0 Å². The normalized spacial score (nSPS) is 10.3. The fourth-order valence-corrected chi connectivity index (χ4v) is 2.30. The Kier molecular flexibility index (Phi) is 3.93. The molecule has 3 aromatic carbocycles. The van der Waals surface area contributed by atoms with Crippen LogP contribution in [0.5, 0.6) is 0 Å². The molecular weight excluding hydrogens is 290 g/mol. The highest BCUT2D eigenvalue weighted by molar-refractivity contribution is 6.10. The summed E-state index contributed by atoms with van der Waals surface area (Å²) in [6, 6.07) is 19.0. The lowest BCUT2D eigenvalue weighted by Crippen LogP contribution is -2.34. The molecule has 3 amide bonds. The number of anilines is 2. The van der Waals surface area contributed by atoms with E-state index >= 15 is 0 Å². The predicted octanol–water partition coefficient (Wildman–Crippen LogP) is 3.38. The molecule has 114 valence electrons. The third kappa shape index (κ3) is 3.29. The van der Waals surface area contributed by atoms with Crippen molar-refractivity contribution in [2.45, 2.75) is 0 Å². The van der Waals surface area contributed by atoms with Gasteiger partial charge in [0, 0.05) is 16.6 Å². The van der Waals surface area contributed by atoms with Crippen molar-refractivity contribution < 1.29 is 9.59 Å². The van der Waals surface area contributed by atoms with Gasteiger partial charge in [0.05, 0.1) is 5.69 Å². The Morgan fingerprint density at radius 3 is 2.30 bits per heavy atom. The molecule has 0 radical (unpaired) electrons. The van der Waals surface area contributed by atoms with Crippen LogP contribution >= 0.6 is 0 Å². The standard InChI is InChI=1S/C18H15N3O2/c19-14-10-8-13(9-11-14)17(22)21-18(23)20-16-7-3-5-12-4-1-2-6-15(12)16/h1-11H,19H2,(H2,20,21,22,23). The summed E-state index contributed by atoms with van der Waals surface area (Å²) >= 11 is 0. The molecule has 3 rings (SSSR count). The van der Waals surface area contributed by atoms with E-state index in [-0.39, 0.29) is 0 Å². The van der Waals surface area contributed by atoms with E-state index in [9.17, 15) is 9.59 Å². The monoisotopic (exact) mass is 305 g/mol. The van der Waals surface area contributed by atoms with Gasteiger partial charge in [-0.3, -0.25) is 10.1 Å². The minimum Gasteiger partial charge on any atom is -0.399 e. The molecule has 0 fully saturated rings. The molecule has 0 aliphatic rings. The zero-order valence-corrected chi connectivity index (χ0v) is 12.2. The summed E-state index contributed by atoms with van der Waals surface area (Å²) in [6.45, 7) is 0. The lowest BCUT2D eigenvalue weighted by Gasteiger charge is -2.09. The van der Waals surface area contributed by atoms with Crippen molar-refractivity contribution in [1.82, 2.24) is 5.32 Å². The average Bonchev–Trinajstić information content (AvgIpc) is 2.55. The molecule has 0 saturated carbocycles. The number of amides is 3. The van der Waals surface area contributed by atoms with Gasteiger partial charge in [-0.25, -0.2) is 4.79 Å². The van der Waals surface area contributed by atoms with E-state index in [0.29, 0.717) is 16.9 Å². The Labute approximate surface area is 133 Å². The Balaban J connectivity index is 1.74. The third-order valence-electron chi connectivity index (χ3n) is 3.44. The van der Waals surface area contributed by atoms with Crippen molar-refractivity contribution in [1.29, 1.82) is 0 Å². The number of nitrogens with one attached hydrogen (secondary N) is 2. The number of nitrogen functional groups attached to an aromatic ring is 1. The van der Waals surface area contributed by atoms with Gasteiger partial charge in [-0.15, -0.1) is 0 Å². The van der Waals surface area contributed by atoms with Gasteiger partial charge in [-0.2, -0.15) is 0 Å². The molecule has 0 spiro atoms. The molecule has 0 saturated heterocycles. The van der Waals surface area contributed by atoms with Crippen molar-refractivity contribution in [2.24, 2.45) is 0 Å². The van der Waals surface area contributed by atoms with Gasteiger partial charge in [-0.1, -0.05) is 36.4 Å². The Hall–Kier alpha value is -3.34. The van der Waals surface area contributed by atoms with E-state index < -0.39 is 11.9 Å². The Bertz CT molecular complexity index is 868. The predicted molar refractivity (Wildman–Crippen MR) is 91.3 cm³/mol. The summed E-state index contributed by atoms with van der Waals surface area (Å²) in [5.74, 6) is -0.484. The molecule has 0 aliphatic carbocycles. The van der Waals surface area contributed by atoms with Crippen LogP contribution in [0.4, 0.5) is 16.2 Å². The largest absolute Gasteiger partial charge is 0.399 e. The molecule has 0 atom stereocenters. The van der Waals surface area contributed by atoms with Crippen LogP contribution in [-0.4, -0.2) is 11.9 Å². The number of carbonyl (C=O) groups excluding carboxylic acids is 2. The van der Waals surface area contributed by atoms with Crippen LogP contribution in [0.3, 0.4) is 0 Å². The fraction of sp³-hybridized carbons (Fsp3) is 0. The summed E-state index contributed by atoms with van der Waals surface area (Å²) in [5.41, 5.74) is 7.14. The molecule has 5 heteroatoms. The molecule has 3 aromatic rings. The van der Waals surface area contributed by atoms with Crippen LogP contribution in [0, 0.1) is 0 Å². The maximum Gasteiger partial charge on any atom is 0.326 e. The van der Waals surface area contributed by atoms with Crippen molar-refractivity contribution in [2.75, 3.05) is 11.1 Å². The molecule has 5 nitrogen and oxygen atoms in total. The quantitative estimate of drug-likeness (QED) is 0.634. The minimum absolute atomic E-state index is 0.368. The molecule has 0 unspecified atom stereocenters. The van der Waals surface area contributed by atoms with Crippen LogP contribution in [0.2, 0.25) is 0 Å². The summed E-state index contributed by atoms with van der Waals surface area (Å²) < 4.78 is 0. The summed E-state index contributed by atoms with van der Waals surface area (Å²) in [6.07, 6.45) is 0. The number of hydrogen-bond donors (Lipinski definition) is 3. The molecule has 0 bridgehead atoms. The molecule has 0 heterocycles. The topological polar surface area (TPSA) is 84.2 Å². The van der Waals surface area contributed by atoms with Crippen LogP contribution in [-0.2, 0) is 0 Å². The summed E-state index contributed by atoms with van der Waals surface area (Å²) in [7, 11) is 0. The van der Waals surface area contributed by atoms with Gasteiger partial charge in [0.2, 0.25) is 0 Å². The number of fused-ring (bicyclic) bond motifs is 1. The van der Waals surface area contributed by atoms with Crippen molar-refractivity contribution in [3.05, 3.63) is 72.3 Å². The highest BCUT2D eigenvalue weighted by Gasteiger charge is 2.11. The number of benzene rings is 3. The maximum atomic E-state index is 12.0. The molecule has 0 aliphatic heterocycles. The minimum atomic E-state index is -0.580. The van der Waals surface area contributed by atoms with E-state index in [1.165, 1.54) is 0 Å². The first-order valence-electron chi connectivity index (χ1n) is 7.09. The van der Waals surface area contributed by atoms with Crippen molar-refractivity contribution >= 4 is 34.1 Å². The van der Waals surface area contributed by atoms with Crippen LogP contribution in [0.25, 0.3) is 10.8 Å². The van der Waals surface area contributed by atoms with Crippen molar-refractivity contribution in [3.8, 4) is 0 Å². The molecule has 23 heavy (non-hydrogen) atoms. The Morgan fingerprint density at radius 1 is 0.826 bits per heavy atom.